The van der Waals surface area contributed by atoms with E-state index in [0.717, 1.165) is 10.6 Å². The van der Waals surface area contributed by atoms with Crippen LogP contribution in [-0.2, 0) is 0 Å². The Morgan fingerprint density at radius 3 is 2.56 bits per heavy atom. The molecule has 98 valence electrons. The van der Waals surface area contributed by atoms with Crippen molar-refractivity contribution < 1.29 is 9.90 Å². The molecule has 0 radical (unpaired) electrons. The molecule has 0 unspecified atom stereocenters. The fourth-order valence-corrected chi connectivity index (χ4v) is 1.47. The minimum Gasteiger partial charge on any atom is -0.464 e. The van der Waals surface area contributed by atoms with Crippen LogP contribution in [0.25, 0.3) is 0 Å². The second-order valence-corrected chi connectivity index (χ2v) is 4.91. The van der Waals surface area contributed by atoms with Crippen LogP contribution in [0, 0.1) is 0 Å². The number of rotatable bonds is 3. The number of hydrogen-bond donors (Lipinski definition) is 1. The Kier molecular flexibility index (Phi) is 4.42. The number of nitrogens with zero attached hydrogens (tertiary/aromatic N) is 3. The molecule has 1 N–H and O–H groups in total. The molecular formula is C13H19N3O2. The summed E-state index contributed by atoms with van der Waals surface area (Å²) in [5.74, 6) is 0. The van der Waals surface area contributed by atoms with Crippen LogP contribution < -0.4 is 0 Å². The molecule has 0 aromatic carbocycles. The first kappa shape index (κ1) is 14.2. The second-order valence-electron chi connectivity index (χ2n) is 4.91. The summed E-state index contributed by atoms with van der Waals surface area (Å²) in [6.07, 6.45) is 2.95. The third-order valence-electron chi connectivity index (χ3n) is 2.37. The van der Waals surface area contributed by atoms with Crippen molar-refractivity contribution in [2.45, 2.75) is 39.7 Å². The largest absolute Gasteiger partial charge is 0.464 e. The van der Waals surface area contributed by atoms with Crippen LogP contribution in [0.5, 0.6) is 0 Å². The van der Waals surface area contributed by atoms with Gasteiger partial charge in [-0.1, -0.05) is 13.0 Å². The maximum absolute atomic E-state index is 11.2. The quantitative estimate of drug-likeness (QED) is 0.661. The van der Waals surface area contributed by atoms with Gasteiger partial charge in [-0.2, -0.15) is 10.1 Å². The zero-order valence-corrected chi connectivity index (χ0v) is 11.2. The van der Waals surface area contributed by atoms with Crippen molar-refractivity contribution in [3.63, 3.8) is 0 Å². The van der Waals surface area contributed by atoms with Crippen LogP contribution in [-0.4, -0.2) is 32.4 Å². The number of hydrogen-bond acceptors (Lipinski definition) is 3. The topological polar surface area (TPSA) is 65.8 Å². The van der Waals surface area contributed by atoms with Gasteiger partial charge in [0.1, 0.15) is 0 Å². The molecule has 1 rings (SSSR count). The molecule has 0 aliphatic heterocycles. The van der Waals surface area contributed by atoms with Crippen molar-refractivity contribution in [2.75, 3.05) is 0 Å². The predicted octanol–water partition coefficient (Wildman–Crippen LogP) is 2.97. The lowest BCUT2D eigenvalue weighted by Crippen LogP contribution is -2.41. The van der Waals surface area contributed by atoms with Gasteiger partial charge in [0.05, 0.1) is 11.3 Å². The second kappa shape index (κ2) is 5.62. The Balaban J connectivity index is 3.14. The van der Waals surface area contributed by atoms with E-state index in [1.807, 2.05) is 19.1 Å². The van der Waals surface area contributed by atoms with Gasteiger partial charge in [0.25, 0.3) is 0 Å². The third-order valence-corrected chi connectivity index (χ3v) is 2.37. The lowest BCUT2D eigenvalue weighted by Gasteiger charge is -2.29. The van der Waals surface area contributed by atoms with Gasteiger partial charge < -0.3 is 5.11 Å². The summed E-state index contributed by atoms with van der Waals surface area (Å²) < 4.78 is 0. The predicted molar refractivity (Wildman–Crippen MR) is 70.7 cm³/mol. The van der Waals surface area contributed by atoms with E-state index >= 15 is 0 Å². The Morgan fingerprint density at radius 2 is 2.17 bits per heavy atom. The van der Waals surface area contributed by atoms with E-state index in [-0.39, 0.29) is 0 Å². The molecule has 0 saturated carbocycles. The van der Waals surface area contributed by atoms with E-state index in [1.165, 1.54) is 0 Å². The Hall–Kier alpha value is -1.91. The van der Waals surface area contributed by atoms with Crippen LogP contribution in [0.15, 0.2) is 29.6 Å². The highest BCUT2D eigenvalue weighted by molar-refractivity contribution is 6.00. The number of pyridine rings is 1. The standard InChI is InChI=1S/C13H19N3O2/c1-5-11(10-7-6-8-14-9-10)15-16(12(17)18)13(2,3)4/h6-9H,5H2,1-4H3,(H,17,18). The van der Waals surface area contributed by atoms with E-state index in [0.29, 0.717) is 12.1 Å². The molecule has 5 heteroatoms. The molecule has 0 atom stereocenters. The number of carbonyl (C=O) groups is 1. The van der Waals surface area contributed by atoms with Crippen LogP contribution in [0.1, 0.15) is 39.7 Å². The molecule has 0 aliphatic carbocycles. The van der Waals surface area contributed by atoms with E-state index in [2.05, 4.69) is 10.1 Å². The summed E-state index contributed by atoms with van der Waals surface area (Å²) in [4.78, 5) is 15.3. The van der Waals surface area contributed by atoms with Crippen molar-refractivity contribution in [1.82, 2.24) is 9.99 Å². The molecule has 0 aliphatic rings. The average molecular weight is 249 g/mol. The molecule has 1 aromatic heterocycles. The smallest absolute Gasteiger partial charge is 0.428 e. The van der Waals surface area contributed by atoms with E-state index in [4.69, 9.17) is 0 Å². The monoisotopic (exact) mass is 249 g/mol. The van der Waals surface area contributed by atoms with Gasteiger partial charge in [-0.3, -0.25) is 4.98 Å². The van der Waals surface area contributed by atoms with Crippen molar-refractivity contribution in [1.29, 1.82) is 0 Å². The molecule has 1 aromatic rings. The van der Waals surface area contributed by atoms with Crippen molar-refractivity contribution in [3.05, 3.63) is 30.1 Å². The van der Waals surface area contributed by atoms with E-state index in [1.54, 1.807) is 33.2 Å². The van der Waals surface area contributed by atoms with Crippen LogP contribution in [0.2, 0.25) is 0 Å². The molecule has 5 nitrogen and oxygen atoms in total. The number of hydrazone groups is 1. The summed E-state index contributed by atoms with van der Waals surface area (Å²) in [7, 11) is 0. The average Bonchev–Trinajstić information content (AvgIpc) is 2.29. The van der Waals surface area contributed by atoms with Crippen LogP contribution in [0.3, 0.4) is 0 Å². The van der Waals surface area contributed by atoms with E-state index in [9.17, 15) is 9.90 Å². The molecule has 1 heterocycles. The minimum atomic E-state index is -1.06. The maximum atomic E-state index is 11.2. The van der Waals surface area contributed by atoms with Gasteiger partial charge in [0, 0.05) is 18.0 Å². The zero-order valence-electron chi connectivity index (χ0n) is 11.2. The highest BCUT2D eigenvalue weighted by atomic mass is 16.4. The van der Waals surface area contributed by atoms with Gasteiger partial charge in [-0.05, 0) is 33.3 Å². The Bertz CT molecular complexity index is 435. The SMILES string of the molecule is CCC(=NN(C(=O)O)C(C)(C)C)c1cccnc1. The van der Waals surface area contributed by atoms with Gasteiger partial charge in [-0.25, -0.2) is 4.79 Å². The van der Waals surface area contributed by atoms with Crippen LogP contribution in [0.4, 0.5) is 4.79 Å². The number of amides is 1. The van der Waals surface area contributed by atoms with Gasteiger partial charge in [0.2, 0.25) is 0 Å². The maximum Gasteiger partial charge on any atom is 0.428 e. The molecular weight excluding hydrogens is 230 g/mol. The molecule has 0 bridgehead atoms. The molecule has 0 saturated heterocycles. The summed E-state index contributed by atoms with van der Waals surface area (Å²) in [6.45, 7) is 7.36. The molecule has 0 spiro atoms. The summed E-state index contributed by atoms with van der Waals surface area (Å²) in [6, 6.07) is 3.68. The lowest BCUT2D eigenvalue weighted by molar-refractivity contribution is 0.103. The Morgan fingerprint density at radius 1 is 1.50 bits per heavy atom. The Labute approximate surface area is 107 Å². The first-order valence-corrected chi connectivity index (χ1v) is 5.87. The molecule has 0 fully saturated rings. The number of carboxylic acid groups (broad SMARTS) is 1. The van der Waals surface area contributed by atoms with Gasteiger partial charge in [0.15, 0.2) is 0 Å². The highest BCUT2D eigenvalue weighted by Crippen LogP contribution is 2.16. The first-order valence-electron chi connectivity index (χ1n) is 5.87. The fraction of sp³-hybridized carbons (Fsp3) is 0.462. The van der Waals surface area contributed by atoms with E-state index < -0.39 is 11.6 Å². The summed E-state index contributed by atoms with van der Waals surface area (Å²) in [5, 5.41) is 14.5. The highest BCUT2D eigenvalue weighted by Gasteiger charge is 2.26. The lowest BCUT2D eigenvalue weighted by atomic mass is 10.1. The summed E-state index contributed by atoms with van der Waals surface area (Å²) in [5.41, 5.74) is 0.977. The van der Waals surface area contributed by atoms with Gasteiger partial charge in [-0.15, -0.1) is 0 Å². The van der Waals surface area contributed by atoms with Crippen molar-refractivity contribution in [2.24, 2.45) is 5.10 Å². The first-order chi connectivity index (χ1) is 8.36. The minimum absolute atomic E-state index is 0.575. The normalized spacial score (nSPS) is 12.3. The van der Waals surface area contributed by atoms with Crippen LogP contribution >= 0.6 is 0 Å². The summed E-state index contributed by atoms with van der Waals surface area (Å²) >= 11 is 0. The molecule has 1 amide bonds. The zero-order chi connectivity index (χ0) is 13.8. The molecule has 18 heavy (non-hydrogen) atoms. The van der Waals surface area contributed by atoms with Gasteiger partial charge >= 0.3 is 6.09 Å². The third kappa shape index (κ3) is 3.55. The fourth-order valence-electron chi connectivity index (χ4n) is 1.47. The van der Waals surface area contributed by atoms with Crippen molar-refractivity contribution >= 4 is 11.8 Å². The van der Waals surface area contributed by atoms with Crippen molar-refractivity contribution in [3.8, 4) is 0 Å². The number of aromatic nitrogens is 1.